The number of nitrogens with zero attached hydrogens (tertiary/aromatic N) is 2. The lowest BCUT2D eigenvalue weighted by atomic mass is 10.1. The molecule has 0 saturated heterocycles. The topological polar surface area (TPSA) is 56.1 Å². The zero-order valence-electron chi connectivity index (χ0n) is 9.52. The zero-order valence-corrected chi connectivity index (χ0v) is 9.52. The molecule has 0 bridgehead atoms. The van der Waals surface area contributed by atoms with Gasteiger partial charge in [-0.3, -0.25) is 10.00 Å². The van der Waals surface area contributed by atoms with Crippen molar-refractivity contribution >= 4 is 5.97 Å². The number of hydrogen-bond donors (Lipinski definition) is 1. The fourth-order valence-electron chi connectivity index (χ4n) is 1.34. The highest BCUT2D eigenvalue weighted by molar-refractivity contribution is 5.77. The average Bonchev–Trinajstić information content (AvgIpc) is 2.59. The molecule has 1 atom stereocenters. The van der Waals surface area contributed by atoms with Crippen molar-refractivity contribution in [3.8, 4) is 0 Å². The third-order valence-electron chi connectivity index (χ3n) is 2.00. The van der Waals surface area contributed by atoms with Gasteiger partial charge in [0.2, 0.25) is 0 Å². The summed E-state index contributed by atoms with van der Waals surface area (Å²) in [6.45, 7) is 3.96. The maximum atomic E-state index is 11.5. The summed E-state index contributed by atoms with van der Waals surface area (Å²) < 4.78 is 6.40. The number of hydrogen-bond acceptors (Lipinski definition) is 4. The molecule has 1 unspecified atom stereocenters. The van der Waals surface area contributed by atoms with Gasteiger partial charge in [0.15, 0.2) is 0 Å². The summed E-state index contributed by atoms with van der Waals surface area (Å²) in [5, 5.41) is 7.16. The van der Waals surface area contributed by atoms with Crippen LogP contribution >= 0.6 is 0 Å². The Hall–Kier alpha value is -1.36. The molecule has 1 aromatic rings. The van der Waals surface area contributed by atoms with Gasteiger partial charge in [-0.1, -0.05) is 0 Å². The van der Waals surface area contributed by atoms with Gasteiger partial charge in [0.05, 0.1) is 13.3 Å². The molecular weight excluding hydrogens is 194 g/mol. The predicted molar refractivity (Wildman–Crippen MR) is 56.2 cm³/mol. The molecule has 1 aromatic heterocycles. The standard InChI is InChI=1S/C10H17N3O2/c1-7(2)12-9(10(14)15-4)8-5-11-13(3)6-8/h5-7,9,12H,1-4H3. The molecule has 0 aliphatic heterocycles. The van der Waals surface area contributed by atoms with Crippen LogP contribution in [0.4, 0.5) is 0 Å². The van der Waals surface area contributed by atoms with Crippen LogP contribution in [0.2, 0.25) is 0 Å². The monoisotopic (exact) mass is 211 g/mol. The summed E-state index contributed by atoms with van der Waals surface area (Å²) in [5.41, 5.74) is 0.818. The molecule has 0 saturated carbocycles. The van der Waals surface area contributed by atoms with Crippen molar-refractivity contribution in [1.82, 2.24) is 15.1 Å². The van der Waals surface area contributed by atoms with Crippen LogP contribution in [0, 0.1) is 0 Å². The summed E-state index contributed by atoms with van der Waals surface area (Å²) in [6.07, 6.45) is 3.47. The highest BCUT2D eigenvalue weighted by atomic mass is 16.5. The van der Waals surface area contributed by atoms with Gasteiger partial charge in [0.1, 0.15) is 6.04 Å². The molecular formula is C10H17N3O2. The molecule has 1 N–H and O–H groups in total. The van der Waals surface area contributed by atoms with Gasteiger partial charge in [-0.25, -0.2) is 4.79 Å². The quantitative estimate of drug-likeness (QED) is 0.742. The molecule has 0 spiro atoms. The second kappa shape index (κ2) is 4.93. The number of aryl methyl sites for hydroxylation is 1. The van der Waals surface area contributed by atoms with Gasteiger partial charge in [0.25, 0.3) is 0 Å². The van der Waals surface area contributed by atoms with Crippen LogP contribution in [0.25, 0.3) is 0 Å². The summed E-state index contributed by atoms with van der Waals surface area (Å²) >= 11 is 0. The van der Waals surface area contributed by atoms with E-state index in [1.54, 1.807) is 17.1 Å². The van der Waals surface area contributed by atoms with Crippen LogP contribution in [0.3, 0.4) is 0 Å². The van der Waals surface area contributed by atoms with Crippen molar-refractivity contribution in [2.75, 3.05) is 7.11 Å². The maximum Gasteiger partial charge on any atom is 0.327 e. The van der Waals surface area contributed by atoms with E-state index in [0.29, 0.717) is 0 Å². The minimum absolute atomic E-state index is 0.203. The fourth-order valence-corrected chi connectivity index (χ4v) is 1.34. The predicted octanol–water partition coefficient (Wildman–Crippen LogP) is 0.632. The third-order valence-corrected chi connectivity index (χ3v) is 2.00. The molecule has 5 heteroatoms. The molecule has 0 aromatic carbocycles. The highest BCUT2D eigenvalue weighted by Crippen LogP contribution is 2.14. The van der Waals surface area contributed by atoms with E-state index in [2.05, 4.69) is 10.4 Å². The van der Waals surface area contributed by atoms with Gasteiger partial charge < -0.3 is 4.74 Å². The van der Waals surface area contributed by atoms with Crippen LogP contribution < -0.4 is 5.32 Å². The number of nitrogens with one attached hydrogen (secondary N) is 1. The number of aromatic nitrogens is 2. The Bertz CT molecular complexity index is 333. The van der Waals surface area contributed by atoms with Crippen molar-refractivity contribution < 1.29 is 9.53 Å². The Morgan fingerprint density at radius 1 is 1.60 bits per heavy atom. The lowest BCUT2D eigenvalue weighted by Crippen LogP contribution is -2.34. The number of carbonyl (C=O) groups excluding carboxylic acids is 1. The number of ether oxygens (including phenoxy) is 1. The number of rotatable bonds is 4. The number of esters is 1. The first-order valence-corrected chi connectivity index (χ1v) is 4.87. The molecule has 0 aliphatic rings. The largest absolute Gasteiger partial charge is 0.468 e. The van der Waals surface area contributed by atoms with Crippen molar-refractivity contribution in [2.24, 2.45) is 7.05 Å². The highest BCUT2D eigenvalue weighted by Gasteiger charge is 2.22. The normalized spacial score (nSPS) is 12.9. The molecule has 5 nitrogen and oxygen atoms in total. The van der Waals surface area contributed by atoms with Gasteiger partial charge in [0, 0.05) is 24.8 Å². The van der Waals surface area contributed by atoms with Crippen molar-refractivity contribution in [3.63, 3.8) is 0 Å². The minimum Gasteiger partial charge on any atom is -0.468 e. The molecule has 15 heavy (non-hydrogen) atoms. The van der Waals surface area contributed by atoms with Gasteiger partial charge in [-0.15, -0.1) is 0 Å². The molecule has 84 valence electrons. The van der Waals surface area contributed by atoms with Crippen LogP contribution in [0.1, 0.15) is 25.5 Å². The number of carbonyl (C=O) groups is 1. The first-order chi connectivity index (χ1) is 7.04. The maximum absolute atomic E-state index is 11.5. The van der Waals surface area contributed by atoms with Gasteiger partial charge >= 0.3 is 5.97 Å². The van der Waals surface area contributed by atoms with Crippen molar-refractivity contribution in [3.05, 3.63) is 18.0 Å². The third kappa shape index (κ3) is 3.06. The summed E-state index contributed by atoms with van der Waals surface area (Å²) in [5.74, 6) is -0.295. The lowest BCUT2D eigenvalue weighted by Gasteiger charge is -2.17. The van der Waals surface area contributed by atoms with E-state index >= 15 is 0 Å². The minimum atomic E-state index is -0.441. The Labute approximate surface area is 89.4 Å². The van der Waals surface area contributed by atoms with Crippen LogP contribution in [0.15, 0.2) is 12.4 Å². The smallest absolute Gasteiger partial charge is 0.327 e. The van der Waals surface area contributed by atoms with Crippen molar-refractivity contribution in [1.29, 1.82) is 0 Å². The molecule has 1 rings (SSSR count). The Kier molecular flexibility index (Phi) is 3.85. The van der Waals surface area contributed by atoms with E-state index in [1.165, 1.54) is 7.11 Å². The SMILES string of the molecule is COC(=O)C(NC(C)C)c1cnn(C)c1. The fraction of sp³-hybridized carbons (Fsp3) is 0.600. The van der Waals surface area contributed by atoms with E-state index < -0.39 is 6.04 Å². The molecule has 0 amide bonds. The second-order valence-corrected chi connectivity index (χ2v) is 3.72. The summed E-state index contributed by atoms with van der Waals surface area (Å²) in [7, 11) is 3.20. The molecule has 0 fully saturated rings. The van der Waals surface area contributed by atoms with E-state index in [-0.39, 0.29) is 12.0 Å². The van der Waals surface area contributed by atoms with Gasteiger partial charge in [-0.2, -0.15) is 5.10 Å². The van der Waals surface area contributed by atoms with Crippen LogP contribution in [-0.2, 0) is 16.6 Å². The van der Waals surface area contributed by atoms with E-state index in [4.69, 9.17) is 4.74 Å². The van der Waals surface area contributed by atoms with Crippen molar-refractivity contribution in [2.45, 2.75) is 25.9 Å². The Balaban J connectivity index is 2.85. The summed E-state index contributed by atoms with van der Waals surface area (Å²) in [6, 6.07) is -0.238. The van der Waals surface area contributed by atoms with E-state index in [9.17, 15) is 4.79 Å². The van der Waals surface area contributed by atoms with Gasteiger partial charge in [-0.05, 0) is 13.8 Å². The molecule has 0 radical (unpaired) electrons. The lowest BCUT2D eigenvalue weighted by molar-refractivity contribution is -0.143. The van der Waals surface area contributed by atoms with Crippen LogP contribution in [-0.4, -0.2) is 28.9 Å². The summed E-state index contributed by atoms with van der Waals surface area (Å²) in [4.78, 5) is 11.5. The molecule has 1 heterocycles. The van der Waals surface area contributed by atoms with E-state index in [0.717, 1.165) is 5.56 Å². The van der Waals surface area contributed by atoms with E-state index in [1.807, 2.05) is 20.9 Å². The molecule has 0 aliphatic carbocycles. The van der Waals surface area contributed by atoms with Crippen LogP contribution in [0.5, 0.6) is 0 Å². The Morgan fingerprint density at radius 2 is 2.27 bits per heavy atom. The first-order valence-electron chi connectivity index (χ1n) is 4.87. The average molecular weight is 211 g/mol. The number of methoxy groups -OCH3 is 1. The first kappa shape index (κ1) is 11.7. The Morgan fingerprint density at radius 3 is 2.67 bits per heavy atom. The second-order valence-electron chi connectivity index (χ2n) is 3.72. The zero-order chi connectivity index (χ0) is 11.4.